The van der Waals surface area contributed by atoms with Crippen molar-refractivity contribution in [1.82, 2.24) is 15.3 Å². The second kappa shape index (κ2) is 7.86. The summed E-state index contributed by atoms with van der Waals surface area (Å²) in [6, 6.07) is 11.1. The van der Waals surface area contributed by atoms with Crippen LogP contribution in [0.4, 0.5) is 23.8 Å². The number of hydrogen-bond donors (Lipinski definition) is 3. The summed E-state index contributed by atoms with van der Waals surface area (Å²) in [5, 5.41) is 22.5. The van der Waals surface area contributed by atoms with Crippen molar-refractivity contribution < 1.29 is 27.9 Å². The van der Waals surface area contributed by atoms with Gasteiger partial charge in [-0.1, -0.05) is 24.3 Å². The normalized spacial score (nSPS) is 16.9. The Morgan fingerprint density at radius 3 is 2.61 bits per heavy atom. The number of fused-ring (bicyclic) bond motifs is 1. The fourth-order valence-electron chi connectivity index (χ4n) is 3.96. The van der Waals surface area contributed by atoms with Crippen LogP contribution in [0.5, 0.6) is 0 Å². The molecule has 1 aliphatic heterocycles. The van der Waals surface area contributed by atoms with Crippen LogP contribution in [-0.4, -0.2) is 39.5 Å². The number of hydroxylamine groups is 2. The van der Waals surface area contributed by atoms with Crippen molar-refractivity contribution in [2.75, 3.05) is 18.4 Å². The topological polar surface area (TPSA) is 90.5 Å². The molecule has 0 aliphatic carbocycles. The summed E-state index contributed by atoms with van der Waals surface area (Å²) >= 11 is 0. The number of amides is 1. The summed E-state index contributed by atoms with van der Waals surface area (Å²) in [6.45, 7) is 1.70. The third-order valence-electron chi connectivity index (χ3n) is 5.59. The number of hydrogen-bond acceptors (Lipinski definition) is 5. The Balaban J connectivity index is 1.40. The Hall–Kier alpha value is -3.11. The van der Waals surface area contributed by atoms with Crippen LogP contribution in [0.15, 0.2) is 42.5 Å². The number of aliphatic hydroxyl groups is 1. The highest BCUT2D eigenvalue weighted by atomic mass is 19.4. The zero-order valence-electron chi connectivity index (χ0n) is 16.7. The second-order valence-corrected chi connectivity index (χ2v) is 7.56. The van der Waals surface area contributed by atoms with Crippen LogP contribution in [0, 0.1) is 6.92 Å². The minimum atomic E-state index is -4.49. The number of piperidine rings is 1. The van der Waals surface area contributed by atoms with Gasteiger partial charge in [0.25, 0.3) is 0 Å². The lowest BCUT2D eigenvalue weighted by atomic mass is 9.81. The fraction of sp³-hybridized carbons (Fsp3) is 0.333. The lowest BCUT2D eigenvalue weighted by Gasteiger charge is -2.38. The molecule has 7 nitrogen and oxygen atoms in total. The minimum Gasteiger partial charge on any atom is -0.385 e. The van der Waals surface area contributed by atoms with Crippen LogP contribution < -0.4 is 5.32 Å². The quantitative estimate of drug-likeness (QED) is 0.571. The van der Waals surface area contributed by atoms with Crippen molar-refractivity contribution in [3.63, 3.8) is 0 Å². The number of benzene rings is 2. The molecule has 0 bridgehead atoms. The van der Waals surface area contributed by atoms with E-state index < -0.39 is 23.4 Å². The number of aromatic nitrogens is 2. The van der Waals surface area contributed by atoms with Gasteiger partial charge < -0.3 is 9.94 Å². The van der Waals surface area contributed by atoms with Crippen LogP contribution in [-0.2, 0) is 16.6 Å². The van der Waals surface area contributed by atoms with Gasteiger partial charge in [-0.3, -0.25) is 10.4 Å². The Bertz CT molecular complexity index is 1100. The van der Waals surface area contributed by atoms with Gasteiger partial charge in [-0.2, -0.15) is 18.3 Å². The summed E-state index contributed by atoms with van der Waals surface area (Å²) in [4.78, 5) is 17.5. The molecular formula is C21H21F3N4O3. The van der Waals surface area contributed by atoms with Crippen molar-refractivity contribution in [2.45, 2.75) is 31.5 Å². The highest BCUT2D eigenvalue weighted by Gasteiger charge is 2.40. The zero-order valence-corrected chi connectivity index (χ0v) is 16.7. The number of nitrogens with zero attached hydrogens (tertiary/aromatic N) is 2. The van der Waals surface area contributed by atoms with Crippen LogP contribution in [0.25, 0.3) is 10.9 Å². The van der Waals surface area contributed by atoms with Crippen molar-refractivity contribution in [3.05, 3.63) is 59.2 Å². The summed E-state index contributed by atoms with van der Waals surface area (Å²) in [5.41, 5.74) is -1.18. The Labute approximate surface area is 175 Å². The molecule has 1 amide bonds. The molecule has 10 heteroatoms. The smallest absolute Gasteiger partial charge is 0.385 e. The van der Waals surface area contributed by atoms with Gasteiger partial charge in [-0.05, 0) is 49.1 Å². The molecule has 1 saturated heterocycles. The number of carbonyl (C=O) groups is 1. The number of nitrogens with one attached hydrogen (secondary N) is 2. The molecule has 1 fully saturated rings. The van der Waals surface area contributed by atoms with Crippen LogP contribution >= 0.6 is 0 Å². The predicted molar refractivity (Wildman–Crippen MR) is 107 cm³/mol. The Kier molecular flexibility index (Phi) is 5.36. The average molecular weight is 434 g/mol. The second-order valence-electron chi connectivity index (χ2n) is 7.56. The lowest BCUT2D eigenvalue weighted by molar-refractivity contribution is -0.149. The van der Waals surface area contributed by atoms with Crippen molar-refractivity contribution in [2.24, 2.45) is 0 Å². The molecule has 2 heterocycles. The van der Waals surface area contributed by atoms with Crippen molar-refractivity contribution in [1.29, 1.82) is 0 Å². The van der Waals surface area contributed by atoms with Gasteiger partial charge in [0.2, 0.25) is 0 Å². The number of halogens is 3. The number of rotatable bonds is 3. The Morgan fingerprint density at radius 2 is 1.90 bits per heavy atom. The summed E-state index contributed by atoms with van der Waals surface area (Å²) in [6.07, 6.45) is -4.99. The first-order valence-electron chi connectivity index (χ1n) is 9.74. The third kappa shape index (κ3) is 4.21. The number of carbonyl (C=O) groups excluding carboxylic acids is 1. The Morgan fingerprint density at radius 1 is 1.19 bits per heavy atom. The number of anilines is 1. The maximum Gasteiger partial charge on any atom is 0.432 e. The number of aromatic amines is 1. The lowest BCUT2D eigenvalue weighted by Crippen LogP contribution is -2.44. The van der Waals surface area contributed by atoms with Crippen LogP contribution in [0.2, 0.25) is 0 Å². The van der Waals surface area contributed by atoms with E-state index in [1.165, 1.54) is 24.1 Å². The first-order valence-corrected chi connectivity index (χ1v) is 9.74. The summed E-state index contributed by atoms with van der Waals surface area (Å²) in [7, 11) is 0. The standard InChI is InChI=1S/C21H21F3N4O3/c1-13-15(6-4-7-16(13)21(22,23)24)20(30)9-11-28(12-10-20)31-19(29)25-18-14-5-2-3-8-17(14)26-27-18/h2-8,30H,9-12H2,1H3,(H2,25,26,27,29). The molecular weight excluding hydrogens is 413 g/mol. The highest BCUT2D eigenvalue weighted by Crippen LogP contribution is 2.40. The molecule has 164 valence electrons. The fourth-order valence-corrected chi connectivity index (χ4v) is 3.96. The molecule has 3 N–H and O–H groups in total. The molecule has 0 radical (unpaired) electrons. The first-order chi connectivity index (χ1) is 14.7. The van der Waals surface area contributed by atoms with E-state index >= 15 is 0 Å². The van der Waals surface area contributed by atoms with Gasteiger partial charge in [0.05, 0.1) is 16.7 Å². The van der Waals surface area contributed by atoms with Gasteiger partial charge >= 0.3 is 12.3 Å². The zero-order chi connectivity index (χ0) is 22.2. The van der Waals surface area contributed by atoms with Crippen molar-refractivity contribution >= 4 is 22.8 Å². The minimum absolute atomic E-state index is 0.00928. The molecule has 1 aromatic heterocycles. The van der Waals surface area contributed by atoms with E-state index in [2.05, 4.69) is 15.5 Å². The molecule has 0 unspecified atom stereocenters. The highest BCUT2D eigenvalue weighted by molar-refractivity contribution is 5.96. The number of alkyl halides is 3. The maximum atomic E-state index is 13.2. The van der Waals surface area contributed by atoms with Crippen LogP contribution in [0.1, 0.15) is 29.5 Å². The number of H-pyrrole nitrogens is 1. The summed E-state index contributed by atoms with van der Waals surface area (Å²) in [5.74, 6) is 0.328. The van der Waals surface area contributed by atoms with Gasteiger partial charge in [0.1, 0.15) is 0 Å². The van der Waals surface area contributed by atoms with Crippen LogP contribution in [0.3, 0.4) is 0 Å². The van der Waals surface area contributed by atoms with Gasteiger partial charge in [0, 0.05) is 18.5 Å². The number of para-hydroxylation sites is 1. The van der Waals surface area contributed by atoms with Gasteiger partial charge in [-0.15, -0.1) is 5.06 Å². The van der Waals surface area contributed by atoms with E-state index in [0.717, 1.165) is 17.0 Å². The largest absolute Gasteiger partial charge is 0.432 e. The molecule has 2 aromatic carbocycles. The molecule has 0 spiro atoms. The van der Waals surface area contributed by atoms with E-state index in [1.807, 2.05) is 18.2 Å². The molecule has 3 aromatic rings. The molecule has 0 atom stereocenters. The van der Waals surface area contributed by atoms with E-state index in [4.69, 9.17) is 4.84 Å². The molecule has 4 rings (SSSR count). The first kappa shape index (κ1) is 21.1. The monoisotopic (exact) mass is 434 g/mol. The van der Waals surface area contributed by atoms with E-state index in [0.29, 0.717) is 5.82 Å². The maximum absolute atomic E-state index is 13.2. The molecule has 0 saturated carbocycles. The third-order valence-corrected chi connectivity index (χ3v) is 5.59. The summed E-state index contributed by atoms with van der Waals surface area (Å²) < 4.78 is 39.7. The SMILES string of the molecule is Cc1c(C(F)(F)F)cccc1C1(O)CCN(OC(=O)Nc2n[nH]c3ccccc23)CC1. The molecule has 1 aliphatic rings. The van der Waals surface area contributed by atoms with E-state index in [1.54, 1.807) is 6.07 Å². The van der Waals surface area contributed by atoms with E-state index in [9.17, 15) is 23.1 Å². The van der Waals surface area contributed by atoms with Gasteiger partial charge in [-0.25, -0.2) is 4.79 Å². The van der Waals surface area contributed by atoms with Gasteiger partial charge in [0.15, 0.2) is 5.82 Å². The predicted octanol–water partition coefficient (Wildman–Crippen LogP) is 4.34. The van der Waals surface area contributed by atoms with Crippen molar-refractivity contribution in [3.8, 4) is 0 Å². The average Bonchev–Trinajstić information content (AvgIpc) is 3.12. The van der Waals surface area contributed by atoms with E-state index in [-0.39, 0.29) is 37.1 Å². The molecule has 31 heavy (non-hydrogen) atoms.